The number of pyridine rings is 1. The number of nitrogens with zero attached hydrogens (tertiary/aromatic N) is 1. The number of aromatic nitrogens is 1. The molecule has 1 heterocycles. The molecule has 0 unspecified atom stereocenters. The molecule has 1 aromatic carbocycles. The predicted octanol–water partition coefficient (Wildman–Crippen LogP) is 3.73. The van der Waals surface area contributed by atoms with Crippen LogP contribution < -0.4 is 0 Å². The highest BCUT2D eigenvalue weighted by Gasteiger charge is 2.25. The van der Waals surface area contributed by atoms with Crippen LogP contribution in [0.1, 0.15) is 35.6 Å². The third-order valence-corrected chi connectivity index (χ3v) is 3.29. The third kappa shape index (κ3) is 1.43. The fourth-order valence-corrected chi connectivity index (χ4v) is 2.23. The van der Waals surface area contributed by atoms with Gasteiger partial charge in [0.1, 0.15) is 0 Å². The molecule has 76 valence electrons. The Bertz CT molecular complexity index is 524. The van der Waals surface area contributed by atoms with Crippen molar-refractivity contribution < 1.29 is 0 Å². The van der Waals surface area contributed by atoms with Gasteiger partial charge in [-0.25, -0.2) is 0 Å². The summed E-state index contributed by atoms with van der Waals surface area (Å²) >= 11 is 0. The fourth-order valence-electron chi connectivity index (χ4n) is 2.23. The standard InChI is InChI=1S/C14H15N/c1-9-3-6-12-13(7-9)10(2)15-8-14(12)11-4-5-11/h3,6-8,11H,4-5H2,1-2H3. The Kier molecular flexibility index (Phi) is 1.82. The van der Waals surface area contributed by atoms with E-state index in [4.69, 9.17) is 0 Å². The van der Waals surface area contributed by atoms with E-state index < -0.39 is 0 Å². The van der Waals surface area contributed by atoms with Gasteiger partial charge in [0, 0.05) is 17.3 Å². The topological polar surface area (TPSA) is 12.9 Å². The van der Waals surface area contributed by atoms with Crippen molar-refractivity contribution in [2.45, 2.75) is 32.6 Å². The largest absolute Gasteiger partial charge is 0.261 e. The summed E-state index contributed by atoms with van der Waals surface area (Å²) in [5.41, 5.74) is 3.93. The quantitative estimate of drug-likeness (QED) is 0.678. The van der Waals surface area contributed by atoms with Crippen LogP contribution in [0.5, 0.6) is 0 Å². The molecule has 1 nitrogen and oxygen atoms in total. The highest BCUT2D eigenvalue weighted by Crippen LogP contribution is 2.43. The minimum Gasteiger partial charge on any atom is -0.261 e. The molecule has 0 bridgehead atoms. The number of rotatable bonds is 1. The van der Waals surface area contributed by atoms with Crippen molar-refractivity contribution in [3.05, 3.63) is 41.2 Å². The van der Waals surface area contributed by atoms with Crippen molar-refractivity contribution in [1.82, 2.24) is 4.98 Å². The van der Waals surface area contributed by atoms with Gasteiger partial charge in [-0.2, -0.15) is 0 Å². The van der Waals surface area contributed by atoms with Gasteiger partial charge >= 0.3 is 0 Å². The Balaban J connectivity index is 2.34. The van der Waals surface area contributed by atoms with E-state index in [-0.39, 0.29) is 0 Å². The van der Waals surface area contributed by atoms with E-state index in [0.717, 1.165) is 11.6 Å². The summed E-state index contributed by atoms with van der Waals surface area (Å²) < 4.78 is 0. The van der Waals surface area contributed by atoms with Gasteiger partial charge in [-0.3, -0.25) is 4.98 Å². The number of aryl methyl sites for hydroxylation is 2. The second-order valence-corrected chi connectivity index (χ2v) is 4.62. The zero-order valence-electron chi connectivity index (χ0n) is 9.25. The van der Waals surface area contributed by atoms with E-state index in [0.29, 0.717) is 0 Å². The smallest absolute Gasteiger partial charge is 0.0451 e. The van der Waals surface area contributed by atoms with Crippen molar-refractivity contribution in [3.8, 4) is 0 Å². The minimum atomic E-state index is 0.781. The maximum atomic E-state index is 4.51. The number of hydrogen-bond acceptors (Lipinski definition) is 1. The lowest BCUT2D eigenvalue weighted by atomic mass is 10.0. The van der Waals surface area contributed by atoms with Gasteiger partial charge in [0.15, 0.2) is 0 Å². The van der Waals surface area contributed by atoms with Gasteiger partial charge in [0.05, 0.1) is 0 Å². The summed E-state index contributed by atoms with van der Waals surface area (Å²) in [7, 11) is 0. The molecule has 2 aromatic rings. The van der Waals surface area contributed by atoms with Crippen molar-refractivity contribution in [2.24, 2.45) is 0 Å². The van der Waals surface area contributed by atoms with Crippen LogP contribution in [-0.2, 0) is 0 Å². The Hall–Kier alpha value is -1.37. The fraction of sp³-hybridized carbons (Fsp3) is 0.357. The van der Waals surface area contributed by atoms with Crippen LogP contribution in [-0.4, -0.2) is 4.98 Å². The van der Waals surface area contributed by atoms with Gasteiger partial charge in [-0.1, -0.05) is 17.7 Å². The zero-order valence-corrected chi connectivity index (χ0v) is 9.25. The third-order valence-electron chi connectivity index (χ3n) is 3.29. The summed E-state index contributed by atoms with van der Waals surface area (Å²) in [5.74, 6) is 0.781. The molecule has 0 radical (unpaired) electrons. The molecule has 0 atom stereocenters. The minimum absolute atomic E-state index is 0.781. The van der Waals surface area contributed by atoms with Crippen LogP contribution in [0.2, 0.25) is 0 Å². The van der Waals surface area contributed by atoms with Crippen LogP contribution in [0.15, 0.2) is 24.4 Å². The molecule has 0 spiro atoms. The van der Waals surface area contributed by atoms with Crippen molar-refractivity contribution in [3.63, 3.8) is 0 Å². The Labute approximate surface area is 90.2 Å². The first kappa shape index (κ1) is 8.90. The second kappa shape index (κ2) is 3.06. The van der Waals surface area contributed by atoms with E-state index in [9.17, 15) is 0 Å². The molecule has 1 aliphatic rings. The van der Waals surface area contributed by atoms with Gasteiger partial charge in [-0.05, 0) is 49.6 Å². The molecular formula is C14H15N. The van der Waals surface area contributed by atoms with E-state index in [1.807, 2.05) is 0 Å². The van der Waals surface area contributed by atoms with Gasteiger partial charge in [-0.15, -0.1) is 0 Å². The van der Waals surface area contributed by atoms with E-state index >= 15 is 0 Å². The summed E-state index contributed by atoms with van der Waals surface area (Å²) in [6.45, 7) is 4.24. The van der Waals surface area contributed by atoms with Crippen LogP contribution >= 0.6 is 0 Å². The lowest BCUT2D eigenvalue weighted by Gasteiger charge is -2.08. The Morgan fingerprint density at radius 2 is 1.93 bits per heavy atom. The van der Waals surface area contributed by atoms with Gasteiger partial charge < -0.3 is 0 Å². The van der Waals surface area contributed by atoms with E-state index in [2.05, 4.69) is 43.2 Å². The molecule has 3 rings (SSSR count). The Morgan fingerprint density at radius 3 is 2.67 bits per heavy atom. The number of benzene rings is 1. The molecule has 1 heteroatoms. The molecule has 0 amide bonds. The second-order valence-electron chi connectivity index (χ2n) is 4.62. The number of fused-ring (bicyclic) bond motifs is 1. The molecule has 0 N–H and O–H groups in total. The molecule has 15 heavy (non-hydrogen) atoms. The monoisotopic (exact) mass is 197 g/mol. The molecule has 1 aromatic heterocycles. The Morgan fingerprint density at radius 1 is 1.13 bits per heavy atom. The van der Waals surface area contributed by atoms with Gasteiger partial charge in [0.25, 0.3) is 0 Å². The molecular weight excluding hydrogens is 182 g/mol. The SMILES string of the molecule is Cc1ccc2c(C3CC3)cnc(C)c2c1. The van der Waals surface area contributed by atoms with Crippen LogP contribution in [0.25, 0.3) is 10.8 Å². The van der Waals surface area contributed by atoms with Crippen molar-refractivity contribution in [2.75, 3.05) is 0 Å². The first-order chi connectivity index (χ1) is 7.25. The van der Waals surface area contributed by atoms with Gasteiger partial charge in [0.2, 0.25) is 0 Å². The maximum Gasteiger partial charge on any atom is 0.0451 e. The van der Waals surface area contributed by atoms with Crippen molar-refractivity contribution in [1.29, 1.82) is 0 Å². The summed E-state index contributed by atoms with van der Waals surface area (Å²) in [4.78, 5) is 4.51. The van der Waals surface area contributed by atoms with Crippen molar-refractivity contribution >= 4 is 10.8 Å². The lowest BCUT2D eigenvalue weighted by molar-refractivity contribution is 1.10. The molecule has 1 aliphatic carbocycles. The molecule has 0 aliphatic heterocycles. The van der Waals surface area contributed by atoms with E-state index in [1.165, 1.54) is 34.7 Å². The highest BCUT2D eigenvalue weighted by molar-refractivity contribution is 5.88. The molecule has 1 fully saturated rings. The molecule has 1 saturated carbocycles. The summed E-state index contributed by atoms with van der Waals surface area (Å²) in [6.07, 6.45) is 4.76. The molecule has 0 saturated heterocycles. The highest BCUT2D eigenvalue weighted by atomic mass is 14.7. The van der Waals surface area contributed by atoms with Crippen LogP contribution in [0.3, 0.4) is 0 Å². The normalized spacial score (nSPS) is 15.9. The zero-order chi connectivity index (χ0) is 10.4. The average Bonchev–Trinajstić information content (AvgIpc) is 3.03. The first-order valence-corrected chi connectivity index (χ1v) is 5.61. The summed E-state index contributed by atoms with van der Waals surface area (Å²) in [6, 6.07) is 6.71. The summed E-state index contributed by atoms with van der Waals surface area (Å²) in [5, 5.41) is 2.75. The lowest BCUT2D eigenvalue weighted by Crippen LogP contribution is -1.90. The average molecular weight is 197 g/mol. The predicted molar refractivity (Wildman–Crippen MR) is 63.2 cm³/mol. The first-order valence-electron chi connectivity index (χ1n) is 5.61. The number of hydrogen-bond donors (Lipinski definition) is 0. The van der Waals surface area contributed by atoms with E-state index in [1.54, 1.807) is 0 Å². The van der Waals surface area contributed by atoms with Crippen LogP contribution in [0, 0.1) is 13.8 Å². The maximum absolute atomic E-state index is 4.51. The van der Waals surface area contributed by atoms with Crippen LogP contribution in [0.4, 0.5) is 0 Å².